The second-order valence-corrected chi connectivity index (χ2v) is 6.33. The molecule has 24 heavy (non-hydrogen) atoms. The summed E-state index contributed by atoms with van der Waals surface area (Å²) < 4.78 is 6.80. The summed E-state index contributed by atoms with van der Waals surface area (Å²) in [5.41, 5.74) is 0.732. The highest BCUT2D eigenvalue weighted by atomic mass is 32.2. The first-order chi connectivity index (χ1) is 11.5. The van der Waals surface area contributed by atoms with E-state index in [1.54, 1.807) is 34.5 Å². The number of aromatic nitrogens is 2. The van der Waals surface area contributed by atoms with Crippen LogP contribution in [0.1, 0.15) is 18.4 Å². The third-order valence-corrected chi connectivity index (χ3v) is 4.29. The first-order valence-corrected chi connectivity index (χ1v) is 8.63. The minimum atomic E-state index is -1.00. The number of carboxylic acids is 1. The zero-order chi connectivity index (χ0) is 17.5. The maximum Gasteiger partial charge on any atom is 0.341 e. The van der Waals surface area contributed by atoms with Crippen molar-refractivity contribution in [2.24, 2.45) is 0 Å². The number of hydrogen-bond donors (Lipinski definition) is 1. The van der Waals surface area contributed by atoms with Gasteiger partial charge in [0.25, 0.3) is 5.56 Å². The fourth-order valence-corrected chi connectivity index (χ4v) is 3.06. The maximum atomic E-state index is 12.1. The van der Waals surface area contributed by atoms with E-state index in [2.05, 4.69) is 4.98 Å². The van der Waals surface area contributed by atoms with E-state index < -0.39 is 5.97 Å². The summed E-state index contributed by atoms with van der Waals surface area (Å²) in [5.74, 6) is 1.07. The molecule has 6 nitrogen and oxygen atoms in total. The summed E-state index contributed by atoms with van der Waals surface area (Å²) in [6, 6.07) is 8.78. The van der Waals surface area contributed by atoms with Crippen molar-refractivity contribution in [3.63, 3.8) is 0 Å². The standard InChI is InChI=1S/C17H20N2O4S/c1-3-15-18-12(2)10-16(20)19(15)8-9-24-14-6-4-13(5-7-14)23-11-17(21)22/h4-7,10H,3,8-9,11H2,1-2H3,(H,21,22). The van der Waals surface area contributed by atoms with Crippen LogP contribution in [0, 0.1) is 6.92 Å². The molecule has 0 saturated heterocycles. The van der Waals surface area contributed by atoms with Crippen molar-refractivity contribution in [2.75, 3.05) is 12.4 Å². The first kappa shape index (κ1) is 18.1. The smallest absolute Gasteiger partial charge is 0.341 e. The lowest BCUT2D eigenvalue weighted by Gasteiger charge is -2.11. The van der Waals surface area contributed by atoms with Crippen molar-refractivity contribution in [3.8, 4) is 5.75 Å². The van der Waals surface area contributed by atoms with Crippen LogP contribution in [0.25, 0.3) is 0 Å². The van der Waals surface area contributed by atoms with Gasteiger partial charge in [-0.1, -0.05) is 6.92 Å². The molecule has 0 saturated carbocycles. The topological polar surface area (TPSA) is 81.4 Å². The van der Waals surface area contributed by atoms with E-state index in [1.807, 2.05) is 26.0 Å². The van der Waals surface area contributed by atoms with Gasteiger partial charge in [-0.25, -0.2) is 9.78 Å². The SMILES string of the molecule is CCc1nc(C)cc(=O)n1CCSc1ccc(OCC(=O)O)cc1. The fourth-order valence-electron chi connectivity index (χ4n) is 2.22. The van der Waals surface area contributed by atoms with E-state index in [-0.39, 0.29) is 12.2 Å². The highest BCUT2D eigenvalue weighted by Gasteiger charge is 2.06. The lowest BCUT2D eigenvalue weighted by Crippen LogP contribution is -2.25. The number of carboxylic acid groups (broad SMARTS) is 1. The Kier molecular flexibility index (Phi) is 6.43. The van der Waals surface area contributed by atoms with Gasteiger partial charge in [0.2, 0.25) is 0 Å². The number of aliphatic carboxylic acids is 1. The Bertz CT molecular complexity index is 756. The Hall–Kier alpha value is -2.28. The van der Waals surface area contributed by atoms with Crippen molar-refractivity contribution >= 4 is 17.7 Å². The quantitative estimate of drug-likeness (QED) is 0.738. The van der Waals surface area contributed by atoms with Crippen LogP contribution in [-0.2, 0) is 17.8 Å². The Balaban J connectivity index is 1.93. The van der Waals surface area contributed by atoms with E-state index in [1.165, 1.54) is 0 Å². The number of aryl methyl sites for hydroxylation is 2. The average Bonchev–Trinajstić information content (AvgIpc) is 2.55. The van der Waals surface area contributed by atoms with Gasteiger partial charge in [-0.2, -0.15) is 0 Å². The first-order valence-electron chi connectivity index (χ1n) is 7.64. The van der Waals surface area contributed by atoms with Gasteiger partial charge < -0.3 is 9.84 Å². The van der Waals surface area contributed by atoms with Crippen LogP contribution in [-0.4, -0.2) is 33.0 Å². The molecule has 1 aromatic heterocycles. The summed E-state index contributed by atoms with van der Waals surface area (Å²) in [6.07, 6.45) is 0.719. The Morgan fingerprint density at radius 1 is 1.33 bits per heavy atom. The molecule has 0 aliphatic carbocycles. The number of thioether (sulfide) groups is 1. The minimum Gasteiger partial charge on any atom is -0.482 e. The van der Waals surface area contributed by atoms with E-state index in [0.29, 0.717) is 12.3 Å². The molecule has 7 heteroatoms. The second kappa shape index (κ2) is 8.54. The number of nitrogens with zero attached hydrogens (tertiary/aromatic N) is 2. The molecule has 0 fully saturated rings. The Labute approximate surface area is 144 Å². The molecule has 0 aliphatic rings. The molecule has 2 rings (SSSR count). The molecule has 128 valence electrons. The van der Waals surface area contributed by atoms with Crippen molar-refractivity contribution in [3.05, 3.63) is 52.2 Å². The molecule has 0 amide bonds. The van der Waals surface area contributed by atoms with Crippen LogP contribution in [0.4, 0.5) is 0 Å². The number of rotatable bonds is 8. The van der Waals surface area contributed by atoms with Gasteiger partial charge in [0.15, 0.2) is 6.61 Å². The van der Waals surface area contributed by atoms with E-state index in [0.717, 1.165) is 28.6 Å². The van der Waals surface area contributed by atoms with Crippen molar-refractivity contribution < 1.29 is 14.6 Å². The molecule has 0 spiro atoms. The van der Waals surface area contributed by atoms with Crippen LogP contribution >= 0.6 is 11.8 Å². The zero-order valence-electron chi connectivity index (χ0n) is 13.7. The summed E-state index contributed by atoms with van der Waals surface area (Å²) in [5, 5.41) is 8.57. The minimum absolute atomic E-state index is 0.0163. The highest BCUT2D eigenvalue weighted by Crippen LogP contribution is 2.21. The van der Waals surface area contributed by atoms with Gasteiger partial charge in [0.1, 0.15) is 11.6 Å². The van der Waals surface area contributed by atoms with Gasteiger partial charge in [-0.3, -0.25) is 9.36 Å². The lowest BCUT2D eigenvalue weighted by molar-refractivity contribution is -0.139. The van der Waals surface area contributed by atoms with Gasteiger partial charge in [0.05, 0.1) is 0 Å². The largest absolute Gasteiger partial charge is 0.482 e. The molecular formula is C17H20N2O4S. The molecule has 0 unspecified atom stereocenters. The number of carbonyl (C=O) groups is 1. The van der Waals surface area contributed by atoms with Crippen LogP contribution in [0.3, 0.4) is 0 Å². The average molecular weight is 348 g/mol. The van der Waals surface area contributed by atoms with Gasteiger partial charge >= 0.3 is 5.97 Å². The molecule has 0 atom stereocenters. The number of benzene rings is 1. The summed E-state index contributed by atoms with van der Waals surface area (Å²) in [6.45, 7) is 4.06. The molecule has 0 aliphatic heterocycles. The Morgan fingerprint density at radius 2 is 2.04 bits per heavy atom. The van der Waals surface area contributed by atoms with Crippen LogP contribution in [0.15, 0.2) is 40.0 Å². The molecule has 0 radical (unpaired) electrons. The molecule has 2 aromatic rings. The number of hydrogen-bond acceptors (Lipinski definition) is 5. The van der Waals surface area contributed by atoms with Gasteiger partial charge in [-0.15, -0.1) is 11.8 Å². The van der Waals surface area contributed by atoms with Crippen LogP contribution in [0.2, 0.25) is 0 Å². The molecule has 1 heterocycles. The van der Waals surface area contributed by atoms with E-state index >= 15 is 0 Å². The normalized spacial score (nSPS) is 10.6. The second-order valence-electron chi connectivity index (χ2n) is 5.16. The van der Waals surface area contributed by atoms with Crippen molar-refractivity contribution in [1.82, 2.24) is 9.55 Å². The molecular weight excluding hydrogens is 328 g/mol. The summed E-state index contributed by atoms with van der Waals surface area (Å²) in [4.78, 5) is 28.0. The van der Waals surface area contributed by atoms with Gasteiger partial charge in [-0.05, 0) is 31.2 Å². The summed E-state index contributed by atoms with van der Waals surface area (Å²) in [7, 11) is 0. The fraction of sp³-hybridized carbons (Fsp3) is 0.353. The molecule has 0 bridgehead atoms. The maximum absolute atomic E-state index is 12.1. The lowest BCUT2D eigenvalue weighted by atomic mass is 10.3. The van der Waals surface area contributed by atoms with E-state index in [9.17, 15) is 9.59 Å². The summed E-state index contributed by atoms with van der Waals surface area (Å²) >= 11 is 1.62. The predicted octanol–water partition coefficient (Wildman–Crippen LogP) is 2.37. The molecule has 1 N–H and O–H groups in total. The van der Waals surface area contributed by atoms with Crippen molar-refractivity contribution in [2.45, 2.75) is 31.7 Å². The highest BCUT2D eigenvalue weighted by molar-refractivity contribution is 7.99. The zero-order valence-corrected chi connectivity index (χ0v) is 14.5. The molecule has 1 aromatic carbocycles. The van der Waals surface area contributed by atoms with Crippen LogP contribution < -0.4 is 10.3 Å². The third-order valence-electron chi connectivity index (χ3n) is 3.30. The van der Waals surface area contributed by atoms with E-state index in [4.69, 9.17) is 9.84 Å². The predicted molar refractivity (Wildman–Crippen MR) is 92.9 cm³/mol. The number of ether oxygens (including phenoxy) is 1. The monoisotopic (exact) mass is 348 g/mol. The van der Waals surface area contributed by atoms with Gasteiger partial charge in [0, 0.05) is 35.4 Å². The Morgan fingerprint density at radius 3 is 2.67 bits per heavy atom. The van der Waals surface area contributed by atoms with Crippen molar-refractivity contribution in [1.29, 1.82) is 0 Å². The van der Waals surface area contributed by atoms with Crippen LogP contribution in [0.5, 0.6) is 5.75 Å². The third kappa shape index (κ3) is 5.13.